The fraction of sp³-hybridized carbons (Fsp3) is 0.0556. The van der Waals surface area contributed by atoms with E-state index in [2.05, 4.69) is 115 Å². The van der Waals surface area contributed by atoms with Crippen LogP contribution in [0.15, 0.2) is 120 Å². The van der Waals surface area contributed by atoms with Crippen LogP contribution in [0.4, 0.5) is 0 Å². The molecule has 1 heterocycles. The lowest BCUT2D eigenvalue weighted by atomic mass is 9.82. The Morgan fingerprint density at radius 3 is 1.78 bits per heavy atom. The molecule has 7 aromatic rings. The Kier molecular flexibility index (Phi) is 4.41. The molecule has 1 heteroatoms. The minimum atomic E-state index is 0.929. The summed E-state index contributed by atoms with van der Waals surface area (Å²) in [5.74, 6) is 0. The first-order chi connectivity index (χ1) is 18.4. The van der Waals surface area contributed by atoms with Crippen LogP contribution in [0.25, 0.3) is 71.8 Å². The Morgan fingerprint density at radius 2 is 1.05 bits per heavy atom. The zero-order chi connectivity index (χ0) is 24.3. The maximum atomic E-state index is 6.52. The zero-order valence-electron chi connectivity index (χ0n) is 20.4. The van der Waals surface area contributed by atoms with Crippen LogP contribution in [0.2, 0.25) is 0 Å². The van der Waals surface area contributed by atoms with Crippen molar-refractivity contribution in [2.45, 2.75) is 12.8 Å². The van der Waals surface area contributed by atoms with E-state index in [9.17, 15) is 0 Å². The van der Waals surface area contributed by atoms with Crippen LogP contribution in [0.5, 0.6) is 0 Å². The number of hydrogen-bond acceptors (Lipinski definition) is 1. The summed E-state index contributed by atoms with van der Waals surface area (Å²) in [4.78, 5) is 0. The number of para-hydroxylation sites is 2. The van der Waals surface area contributed by atoms with Crippen molar-refractivity contribution in [1.29, 1.82) is 0 Å². The molecule has 0 spiro atoms. The number of furan rings is 1. The number of fused-ring (bicyclic) bond motifs is 6. The van der Waals surface area contributed by atoms with Gasteiger partial charge >= 0.3 is 0 Å². The van der Waals surface area contributed by atoms with Crippen molar-refractivity contribution in [2.75, 3.05) is 0 Å². The van der Waals surface area contributed by atoms with Gasteiger partial charge in [0.1, 0.15) is 11.2 Å². The normalized spacial score (nSPS) is 13.1. The number of rotatable bonds is 2. The molecule has 1 aromatic heterocycles. The van der Waals surface area contributed by atoms with Gasteiger partial charge in [-0.2, -0.15) is 0 Å². The summed E-state index contributed by atoms with van der Waals surface area (Å²) in [7, 11) is 0. The van der Waals surface area contributed by atoms with Crippen molar-refractivity contribution in [3.05, 3.63) is 126 Å². The molecule has 0 fully saturated rings. The summed E-state index contributed by atoms with van der Waals surface area (Å²) in [5.41, 5.74) is 9.68. The highest BCUT2D eigenvalue weighted by molar-refractivity contribution is 6.24. The monoisotopic (exact) mass is 472 g/mol. The summed E-state index contributed by atoms with van der Waals surface area (Å²) in [6, 6.07) is 39.4. The first kappa shape index (κ1) is 20.6. The third-order valence-electron chi connectivity index (χ3n) is 7.94. The second kappa shape index (κ2) is 7.94. The standard InChI is InChI=1S/C36H24O/c1-2-13-24-23(11-1)12-9-19-26(24)34-27-15-3-5-17-29(27)35(30-18-6-4-16-28(30)34)32-21-10-20-31-25-14-7-8-22-33(25)37-36(31)32/h2-10,12-22H,1,11H2. The van der Waals surface area contributed by atoms with Gasteiger partial charge in [0, 0.05) is 21.9 Å². The Balaban J connectivity index is 1.55. The van der Waals surface area contributed by atoms with Gasteiger partial charge in [0.25, 0.3) is 0 Å². The summed E-state index contributed by atoms with van der Waals surface area (Å²) in [6.45, 7) is 0. The van der Waals surface area contributed by atoms with E-state index in [0.717, 1.165) is 40.3 Å². The van der Waals surface area contributed by atoms with Crippen LogP contribution in [0.3, 0.4) is 0 Å². The summed E-state index contributed by atoms with van der Waals surface area (Å²) < 4.78 is 6.52. The van der Waals surface area contributed by atoms with E-state index in [1.807, 2.05) is 6.07 Å². The van der Waals surface area contributed by atoms with Crippen molar-refractivity contribution in [1.82, 2.24) is 0 Å². The van der Waals surface area contributed by atoms with Gasteiger partial charge in [0.15, 0.2) is 0 Å². The molecule has 1 aliphatic rings. The lowest BCUT2D eigenvalue weighted by Gasteiger charge is -2.21. The molecule has 0 N–H and O–H groups in total. The maximum absolute atomic E-state index is 6.52. The van der Waals surface area contributed by atoms with Crippen molar-refractivity contribution in [3.63, 3.8) is 0 Å². The topological polar surface area (TPSA) is 13.1 Å². The molecule has 1 aliphatic carbocycles. The van der Waals surface area contributed by atoms with Crippen molar-refractivity contribution >= 4 is 49.6 Å². The summed E-state index contributed by atoms with van der Waals surface area (Å²) in [6.07, 6.45) is 6.84. The summed E-state index contributed by atoms with van der Waals surface area (Å²) in [5, 5.41) is 7.37. The number of aryl methyl sites for hydroxylation is 1. The van der Waals surface area contributed by atoms with Crippen LogP contribution in [-0.2, 0) is 6.42 Å². The highest BCUT2D eigenvalue weighted by Crippen LogP contribution is 2.47. The van der Waals surface area contributed by atoms with Crippen LogP contribution in [-0.4, -0.2) is 0 Å². The lowest BCUT2D eigenvalue weighted by Crippen LogP contribution is -1.98. The van der Waals surface area contributed by atoms with Gasteiger partial charge in [-0.05, 0) is 62.7 Å². The molecule has 0 aliphatic heterocycles. The van der Waals surface area contributed by atoms with Crippen LogP contribution in [0.1, 0.15) is 17.5 Å². The van der Waals surface area contributed by atoms with Crippen LogP contribution < -0.4 is 0 Å². The smallest absolute Gasteiger partial charge is 0.143 e. The summed E-state index contributed by atoms with van der Waals surface area (Å²) >= 11 is 0. The molecule has 37 heavy (non-hydrogen) atoms. The van der Waals surface area contributed by atoms with Crippen molar-refractivity contribution in [3.8, 4) is 22.3 Å². The first-order valence-electron chi connectivity index (χ1n) is 13.0. The van der Waals surface area contributed by atoms with Gasteiger partial charge in [0.2, 0.25) is 0 Å². The molecule has 0 saturated carbocycles. The van der Waals surface area contributed by atoms with Gasteiger partial charge in [-0.25, -0.2) is 0 Å². The Bertz CT molecular complexity index is 1980. The van der Waals surface area contributed by atoms with E-state index < -0.39 is 0 Å². The molecule has 0 saturated heterocycles. The maximum Gasteiger partial charge on any atom is 0.143 e. The number of hydrogen-bond donors (Lipinski definition) is 0. The van der Waals surface area contributed by atoms with Gasteiger partial charge in [-0.3, -0.25) is 0 Å². The van der Waals surface area contributed by atoms with E-state index in [1.54, 1.807) is 0 Å². The van der Waals surface area contributed by atoms with Gasteiger partial charge < -0.3 is 4.42 Å². The molecule has 0 amide bonds. The van der Waals surface area contributed by atoms with E-state index in [4.69, 9.17) is 4.42 Å². The Hall–Kier alpha value is -4.62. The fourth-order valence-electron chi connectivity index (χ4n) is 6.34. The largest absolute Gasteiger partial charge is 0.455 e. The van der Waals surface area contributed by atoms with Crippen molar-refractivity contribution in [2.24, 2.45) is 0 Å². The molecular formula is C36H24O. The van der Waals surface area contributed by atoms with Gasteiger partial charge in [0.05, 0.1) is 0 Å². The molecule has 0 atom stereocenters. The van der Waals surface area contributed by atoms with E-state index in [-0.39, 0.29) is 0 Å². The zero-order valence-corrected chi connectivity index (χ0v) is 20.4. The van der Waals surface area contributed by atoms with E-state index >= 15 is 0 Å². The minimum absolute atomic E-state index is 0.929. The third kappa shape index (κ3) is 2.98. The average Bonchev–Trinajstić information content (AvgIpc) is 3.35. The number of allylic oxidation sites excluding steroid dienone is 1. The Labute approximate surface area is 215 Å². The van der Waals surface area contributed by atoms with Crippen molar-refractivity contribution < 1.29 is 4.42 Å². The van der Waals surface area contributed by atoms with E-state index in [1.165, 1.54) is 49.4 Å². The predicted octanol–water partition coefficient (Wildman–Crippen LogP) is 10.2. The third-order valence-corrected chi connectivity index (χ3v) is 7.94. The highest BCUT2D eigenvalue weighted by Gasteiger charge is 2.21. The molecular weight excluding hydrogens is 448 g/mol. The molecule has 6 aromatic carbocycles. The van der Waals surface area contributed by atoms with Crippen LogP contribution >= 0.6 is 0 Å². The average molecular weight is 473 g/mol. The lowest BCUT2D eigenvalue weighted by molar-refractivity contribution is 0.670. The highest BCUT2D eigenvalue weighted by atomic mass is 16.3. The molecule has 0 unspecified atom stereocenters. The van der Waals surface area contributed by atoms with Gasteiger partial charge in [-0.15, -0.1) is 0 Å². The molecule has 1 nitrogen and oxygen atoms in total. The van der Waals surface area contributed by atoms with Crippen LogP contribution in [0, 0.1) is 0 Å². The second-order valence-corrected chi connectivity index (χ2v) is 9.94. The SMILES string of the molecule is C1=Cc2c(cccc2-c2c3ccccc3c(-c3cccc4c3oc3ccccc34)c3ccccc23)CC1. The quantitative estimate of drug-likeness (QED) is 0.228. The molecule has 0 bridgehead atoms. The fourth-order valence-corrected chi connectivity index (χ4v) is 6.34. The molecule has 174 valence electrons. The Morgan fingerprint density at radius 1 is 0.486 bits per heavy atom. The first-order valence-corrected chi connectivity index (χ1v) is 13.0. The number of benzene rings is 6. The second-order valence-electron chi connectivity index (χ2n) is 9.94. The molecule has 0 radical (unpaired) electrons. The van der Waals surface area contributed by atoms with Gasteiger partial charge in [-0.1, -0.05) is 115 Å². The molecule has 8 rings (SSSR count). The predicted molar refractivity (Wildman–Crippen MR) is 157 cm³/mol. The minimum Gasteiger partial charge on any atom is -0.455 e. The van der Waals surface area contributed by atoms with E-state index in [0.29, 0.717) is 0 Å².